The molecule has 0 saturated heterocycles. The van der Waals surface area contributed by atoms with Crippen molar-refractivity contribution in [1.29, 1.82) is 0 Å². The van der Waals surface area contributed by atoms with E-state index in [0.29, 0.717) is 29.1 Å². The number of ether oxygens (including phenoxy) is 2. The van der Waals surface area contributed by atoms with E-state index in [0.717, 1.165) is 0 Å². The van der Waals surface area contributed by atoms with Crippen LogP contribution < -0.4 is 9.47 Å². The van der Waals surface area contributed by atoms with Gasteiger partial charge < -0.3 is 14.6 Å². The van der Waals surface area contributed by atoms with Gasteiger partial charge in [0.15, 0.2) is 11.5 Å². The van der Waals surface area contributed by atoms with Gasteiger partial charge in [-0.05, 0) is 23.8 Å². The Kier molecular flexibility index (Phi) is 3.55. The normalized spacial score (nSPS) is 15.4. The van der Waals surface area contributed by atoms with Crippen molar-refractivity contribution in [1.82, 2.24) is 0 Å². The summed E-state index contributed by atoms with van der Waals surface area (Å²) in [6.45, 7) is 0. The van der Waals surface area contributed by atoms with E-state index in [4.69, 9.17) is 9.47 Å². The summed E-state index contributed by atoms with van der Waals surface area (Å²) in [6, 6.07) is 5.22. The van der Waals surface area contributed by atoms with Gasteiger partial charge >= 0.3 is 0 Å². The Morgan fingerprint density at radius 1 is 1.11 bits per heavy atom. The molecule has 2 rings (SSSR count). The predicted octanol–water partition coefficient (Wildman–Crippen LogP) is 3.62. The molecule has 1 aliphatic rings. The molecule has 0 amide bonds. The monoisotopic (exact) mass is 250 g/mol. The standard InChI is InChI=1S/C14H15FO3/c1-17-13-6-3-9(7-14(13)18-2)11-8-10(15)4-5-12(11)16/h3,6-8,16H,4-5H2,1-2H3. The molecule has 3 nitrogen and oxygen atoms in total. The fourth-order valence-electron chi connectivity index (χ4n) is 1.94. The number of hydrogen-bond donors (Lipinski definition) is 1. The minimum Gasteiger partial charge on any atom is -0.512 e. The van der Waals surface area contributed by atoms with Gasteiger partial charge in [0, 0.05) is 18.4 Å². The summed E-state index contributed by atoms with van der Waals surface area (Å²) in [5, 5.41) is 9.83. The van der Waals surface area contributed by atoms with Crippen LogP contribution in [-0.2, 0) is 0 Å². The molecule has 0 fully saturated rings. The molecule has 18 heavy (non-hydrogen) atoms. The third-order valence-electron chi connectivity index (χ3n) is 2.91. The largest absolute Gasteiger partial charge is 0.512 e. The predicted molar refractivity (Wildman–Crippen MR) is 67.5 cm³/mol. The summed E-state index contributed by atoms with van der Waals surface area (Å²) in [4.78, 5) is 0. The Morgan fingerprint density at radius 3 is 2.50 bits per heavy atom. The molecular formula is C14H15FO3. The molecule has 0 bridgehead atoms. The Balaban J connectivity index is 2.46. The molecule has 0 aliphatic heterocycles. The zero-order valence-electron chi connectivity index (χ0n) is 10.4. The number of aliphatic hydroxyl groups is 1. The topological polar surface area (TPSA) is 38.7 Å². The van der Waals surface area contributed by atoms with E-state index in [9.17, 15) is 9.50 Å². The number of hydrogen-bond acceptors (Lipinski definition) is 3. The smallest absolute Gasteiger partial charge is 0.161 e. The molecule has 0 aromatic heterocycles. The SMILES string of the molecule is COc1ccc(C2=C(O)CCC(F)=C2)cc1OC. The van der Waals surface area contributed by atoms with E-state index < -0.39 is 0 Å². The lowest BCUT2D eigenvalue weighted by Gasteiger charge is -2.14. The van der Waals surface area contributed by atoms with Crippen molar-refractivity contribution in [2.24, 2.45) is 0 Å². The summed E-state index contributed by atoms with van der Waals surface area (Å²) in [6.07, 6.45) is 1.94. The maximum Gasteiger partial charge on any atom is 0.161 e. The van der Waals surface area contributed by atoms with E-state index in [1.54, 1.807) is 25.3 Å². The molecule has 0 saturated carbocycles. The van der Waals surface area contributed by atoms with Crippen LogP contribution in [0.2, 0.25) is 0 Å². The average molecular weight is 250 g/mol. The van der Waals surface area contributed by atoms with Crippen LogP contribution in [0.15, 0.2) is 35.9 Å². The summed E-state index contributed by atoms with van der Waals surface area (Å²) in [5.74, 6) is 1.12. The van der Waals surface area contributed by atoms with Gasteiger partial charge in [0.25, 0.3) is 0 Å². The van der Waals surface area contributed by atoms with E-state index in [1.807, 2.05) is 0 Å². The van der Waals surface area contributed by atoms with Crippen molar-refractivity contribution in [3.8, 4) is 11.5 Å². The van der Waals surface area contributed by atoms with Gasteiger partial charge in [0.1, 0.15) is 11.6 Å². The number of benzene rings is 1. The number of rotatable bonds is 3. The summed E-state index contributed by atoms with van der Waals surface area (Å²) >= 11 is 0. The summed E-state index contributed by atoms with van der Waals surface area (Å²) < 4.78 is 23.6. The lowest BCUT2D eigenvalue weighted by atomic mass is 9.97. The van der Waals surface area contributed by atoms with Gasteiger partial charge in [-0.2, -0.15) is 0 Å². The second-order valence-corrected chi connectivity index (χ2v) is 4.02. The molecule has 96 valence electrons. The molecular weight excluding hydrogens is 235 g/mol. The molecule has 0 atom stereocenters. The van der Waals surface area contributed by atoms with Gasteiger partial charge in [0.05, 0.1) is 14.2 Å². The van der Waals surface area contributed by atoms with Crippen molar-refractivity contribution in [3.63, 3.8) is 0 Å². The van der Waals surface area contributed by atoms with Crippen LogP contribution in [0.4, 0.5) is 4.39 Å². The molecule has 1 aliphatic carbocycles. The van der Waals surface area contributed by atoms with Crippen molar-refractivity contribution in [3.05, 3.63) is 41.4 Å². The van der Waals surface area contributed by atoms with Crippen LogP contribution in [0.1, 0.15) is 18.4 Å². The maximum absolute atomic E-state index is 13.3. The minimum atomic E-state index is -0.224. The molecule has 0 spiro atoms. The summed E-state index contributed by atoms with van der Waals surface area (Å²) in [7, 11) is 3.08. The molecule has 4 heteroatoms. The van der Waals surface area contributed by atoms with E-state index >= 15 is 0 Å². The minimum absolute atomic E-state index is 0.198. The third-order valence-corrected chi connectivity index (χ3v) is 2.91. The van der Waals surface area contributed by atoms with E-state index in [1.165, 1.54) is 13.2 Å². The highest BCUT2D eigenvalue weighted by molar-refractivity contribution is 5.78. The zero-order valence-corrected chi connectivity index (χ0v) is 10.4. The Hall–Kier alpha value is -1.97. The van der Waals surface area contributed by atoms with Crippen molar-refractivity contribution < 1.29 is 19.0 Å². The second kappa shape index (κ2) is 5.12. The molecule has 0 unspecified atom stereocenters. The van der Waals surface area contributed by atoms with Crippen LogP contribution in [0, 0.1) is 0 Å². The lowest BCUT2D eigenvalue weighted by Crippen LogP contribution is -1.98. The summed E-state index contributed by atoms with van der Waals surface area (Å²) in [5.41, 5.74) is 1.21. The lowest BCUT2D eigenvalue weighted by molar-refractivity contribution is 0.354. The highest BCUT2D eigenvalue weighted by Crippen LogP contribution is 2.35. The molecule has 1 aromatic carbocycles. The fraction of sp³-hybridized carbons (Fsp3) is 0.286. The van der Waals surface area contributed by atoms with Gasteiger partial charge in [-0.25, -0.2) is 4.39 Å². The number of allylic oxidation sites excluding steroid dienone is 4. The van der Waals surface area contributed by atoms with Crippen LogP contribution in [0.5, 0.6) is 11.5 Å². The van der Waals surface area contributed by atoms with Gasteiger partial charge in [-0.1, -0.05) is 6.07 Å². The Morgan fingerprint density at radius 2 is 1.83 bits per heavy atom. The van der Waals surface area contributed by atoms with Crippen LogP contribution in [0.25, 0.3) is 5.57 Å². The van der Waals surface area contributed by atoms with Crippen molar-refractivity contribution >= 4 is 5.57 Å². The zero-order chi connectivity index (χ0) is 13.1. The first-order chi connectivity index (χ1) is 8.65. The first-order valence-electron chi connectivity index (χ1n) is 5.66. The van der Waals surface area contributed by atoms with Crippen LogP contribution in [0.3, 0.4) is 0 Å². The fourth-order valence-corrected chi connectivity index (χ4v) is 1.94. The van der Waals surface area contributed by atoms with Crippen LogP contribution in [-0.4, -0.2) is 19.3 Å². The third kappa shape index (κ3) is 2.32. The second-order valence-electron chi connectivity index (χ2n) is 4.02. The number of methoxy groups -OCH3 is 2. The van der Waals surface area contributed by atoms with E-state index in [2.05, 4.69) is 0 Å². The Labute approximate surface area is 105 Å². The van der Waals surface area contributed by atoms with Gasteiger partial charge in [-0.15, -0.1) is 0 Å². The first kappa shape index (κ1) is 12.5. The number of halogens is 1. The highest BCUT2D eigenvalue weighted by Gasteiger charge is 2.15. The molecule has 1 aromatic rings. The van der Waals surface area contributed by atoms with Gasteiger partial charge in [0.2, 0.25) is 0 Å². The molecule has 1 N–H and O–H groups in total. The molecule has 0 heterocycles. The highest BCUT2D eigenvalue weighted by atomic mass is 19.1. The van der Waals surface area contributed by atoms with Gasteiger partial charge in [-0.3, -0.25) is 0 Å². The quantitative estimate of drug-likeness (QED) is 0.890. The van der Waals surface area contributed by atoms with Crippen molar-refractivity contribution in [2.45, 2.75) is 12.8 Å². The first-order valence-corrected chi connectivity index (χ1v) is 5.66. The van der Waals surface area contributed by atoms with Crippen molar-refractivity contribution in [2.75, 3.05) is 14.2 Å². The van der Waals surface area contributed by atoms with E-state index in [-0.39, 0.29) is 18.0 Å². The maximum atomic E-state index is 13.3. The number of aliphatic hydroxyl groups excluding tert-OH is 1. The average Bonchev–Trinajstić information content (AvgIpc) is 2.40. The van der Waals surface area contributed by atoms with Crippen LogP contribution >= 0.6 is 0 Å². The molecule has 0 radical (unpaired) electrons. The Bertz CT molecular complexity index is 518.